The minimum absolute atomic E-state index is 0.0145. The van der Waals surface area contributed by atoms with E-state index in [1.165, 1.54) is 19.1 Å². The molecule has 184 valence electrons. The van der Waals surface area contributed by atoms with Crippen LogP contribution in [0.3, 0.4) is 0 Å². The number of imidazole rings is 1. The Morgan fingerprint density at radius 2 is 1.83 bits per heavy atom. The Morgan fingerprint density at radius 3 is 2.44 bits per heavy atom. The molecule has 9 heteroatoms. The first-order chi connectivity index (χ1) is 17.3. The summed E-state index contributed by atoms with van der Waals surface area (Å²) in [5.41, 5.74) is 9.06. The molecule has 0 saturated carbocycles. The number of nitriles is 1. The van der Waals surface area contributed by atoms with Crippen molar-refractivity contribution in [2.45, 2.75) is 26.2 Å². The van der Waals surface area contributed by atoms with E-state index in [1.54, 1.807) is 42.5 Å². The van der Waals surface area contributed by atoms with Crippen molar-refractivity contribution in [1.82, 2.24) is 9.97 Å². The lowest BCUT2D eigenvalue weighted by molar-refractivity contribution is -0.139. The number of aromatic amines is 1. The Balaban J connectivity index is 1.99. The number of rotatable bonds is 6. The second-order valence-corrected chi connectivity index (χ2v) is 8.82. The predicted molar refractivity (Wildman–Crippen MR) is 134 cm³/mol. The van der Waals surface area contributed by atoms with Gasteiger partial charge in [-0.1, -0.05) is 44.2 Å². The molecule has 0 saturated heterocycles. The molecule has 2 aromatic carbocycles. The number of benzene rings is 2. The Kier molecular flexibility index (Phi) is 6.79. The highest BCUT2D eigenvalue weighted by Crippen LogP contribution is 2.43. The fourth-order valence-corrected chi connectivity index (χ4v) is 4.45. The maximum absolute atomic E-state index is 13.2. The van der Waals surface area contributed by atoms with Crippen molar-refractivity contribution >= 4 is 28.7 Å². The predicted octanol–water partition coefficient (Wildman–Crippen LogP) is 3.66. The van der Waals surface area contributed by atoms with Gasteiger partial charge in [0, 0.05) is 6.42 Å². The number of carbonyl (C=O) groups is 2. The Bertz CT molecular complexity index is 1430. The van der Waals surface area contributed by atoms with Crippen LogP contribution in [-0.2, 0) is 25.5 Å². The standard InChI is InChI=1S/C27H27N5O4/c1-15(2)12-21-30-19-11-10-17(13-20(19)31-21)32-24(27(34)36-4)23(26(33)35-3)22(18(14-28)25(32)29)16-8-6-5-7-9-16/h5-11,13,15,22H,12,29H2,1-4H3,(H,30,31). The van der Waals surface area contributed by atoms with Crippen molar-refractivity contribution in [2.24, 2.45) is 11.7 Å². The lowest BCUT2D eigenvalue weighted by Crippen LogP contribution is -2.40. The van der Waals surface area contributed by atoms with Crippen molar-refractivity contribution in [1.29, 1.82) is 5.26 Å². The fourth-order valence-electron chi connectivity index (χ4n) is 4.45. The first-order valence-corrected chi connectivity index (χ1v) is 11.4. The maximum Gasteiger partial charge on any atom is 0.355 e. The Hall–Kier alpha value is -4.58. The van der Waals surface area contributed by atoms with Gasteiger partial charge in [0.15, 0.2) is 0 Å². The molecule has 0 amide bonds. The zero-order valence-electron chi connectivity index (χ0n) is 20.5. The van der Waals surface area contributed by atoms with Gasteiger partial charge in [-0.2, -0.15) is 5.26 Å². The number of esters is 2. The van der Waals surface area contributed by atoms with Crippen LogP contribution in [0.15, 0.2) is 71.2 Å². The van der Waals surface area contributed by atoms with Gasteiger partial charge in [-0.3, -0.25) is 4.90 Å². The number of hydrogen-bond acceptors (Lipinski definition) is 8. The van der Waals surface area contributed by atoms with Crippen molar-refractivity contribution < 1.29 is 19.1 Å². The number of nitrogens with two attached hydrogens (primary N) is 1. The molecule has 0 fully saturated rings. The number of nitrogens with one attached hydrogen (secondary N) is 1. The average Bonchev–Trinajstić information content (AvgIpc) is 3.28. The summed E-state index contributed by atoms with van der Waals surface area (Å²) in [6.45, 7) is 4.21. The fraction of sp³-hybridized carbons (Fsp3) is 0.259. The third kappa shape index (κ3) is 4.29. The number of ether oxygens (including phenoxy) is 2. The Morgan fingerprint density at radius 1 is 1.14 bits per heavy atom. The van der Waals surface area contributed by atoms with Gasteiger partial charge in [0.1, 0.15) is 17.3 Å². The Labute approximate surface area is 208 Å². The summed E-state index contributed by atoms with van der Waals surface area (Å²) in [5, 5.41) is 10.1. The van der Waals surface area contributed by atoms with Gasteiger partial charge in [0.25, 0.3) is 0 Å². The smallest absolute Gasteiger partial charge is 0.355 e. The van der Waals surface area contributed by atoms with E-state index in [1.807, 2.05) is 6.07 Å². The van der Waals surface area contributed by atoms with E-state index < -0.39 is 17.9 Å². The molecule has 9 nitrogen and oxygen atoms in total. The molecule has 1 atom stereocenters. The van der Waals surface area contributed by atoms with Crippen LogP contribution in [0.5, 0.6) is 0 Å². The van der Waals surface area contributed by atoms with Gasteiger partial charge in [-0.25, -0.2) is 14.6 Å². The summed E-state index contributed by atoms with van der Waals surface area (Å²) < 4.78 is 10.1. The summed E-state index contributed by atoms with van der Waals surface area (Å²) in [4.78, 5) is 35.6. The van der Waals surface area contributed by atoms with E-state index in [0.29, 0.717) is 17.2 Å². The molecule has 1 unspecified atom stereocenters. The lowest BCUT2D eigenvalue weighted by Gasteiger charge is -2.35. The van der Waals surface area contributed by atoms with Crippen molar-refractivity contribution in [3.63, 3.8) is 0 Å². The molecule has 1 aliphatic heterocycles. The monoisotopic (exact) mass is 485 g/mol. The van der Waals surface area contributed by atoms with Crippen molar-refractivity contribution in [3.8, 4) is 6.07 Å². The van der Waals surface area contributed by atoms with Crippen LogP contribution in [0.4, 0.5) is 5.69 Å². The van der Waals surface area contributed by atoms with Crippen LogP contribution in [0.25, 0.3) is 11.0 Å². The molecule has 1 aromatic heterocycles. The highest BCUT2D eigenvalue weighted by molar-refractivity contribution is 6.06. The molecule has 36 heavy (non-hydrogen) atoms. The number of aromatic nitrogens is 2. The summed E-state index contributed by atoms with van der Waals surface area (Å²) in [6.07, 6.45) is 0.771. The molecule has 0 radical (unpaired) electrons. The van der Waals surface area contributed by atoms with Crippen LogP contribution in [-0.4, -0.2) is 36.1 Å². The van der Waals surface area contributed by atoms with Gasteiger partial charge in [-0.15, -0.1) is 0 Å². The van der Waals surface area contributed by atoms with E-state index in [0.717, 1.165) is 23.3 Å². The highest BCUT2D eigenvalue weighted by atomic mass is 16.5. The maximum atomic E-state index is 13.2. The van der Waals surface area contributed by atoms with Crippen LogP contribution in [0.2, 0.25) is 0 Å². The summed E-state index contributed by atoms with van der Waals surface area (Å²) in [5.74, 6) is -1.21. The van der Waals surface area contributed by atoms with E-state index >= 15 is 0 Å². The van der Waals surface area contributed by atoms with Gasteiger partial charge < -0.3 is 20.2 Å². The molecule has 0 spiro atoms. The van der Waals surface area contributed by atoms with Crippen molar-refractivity contribution in [2.75, 3.05) is 19.1 Å². The minimum atomic E-state index is -0.914. The first-order valence-electron chi connectivity index (χ1n) is 11.4. The normalized spacial score (nSPS) is 15.9. The molecule has 3 N–H and O–H groups in total. The van der Waals surface area contributed by atoms with E-state index in [4.69, 9.17) is 15.2 Å². The van der Waals surface area contributed by atoms with E-state index in [9.17, 15) is 14.9 Å². The molecular weight excluding hydrogens is 458 g/mol. The van der Waals surface area contributed by atoms with Crippen LogP contribution in [0, 0.1) is 17.2 Å². The number of H-pyrrole nitrogens is 1. The second-order valence-electron chi connectivity index (χ2n) is 8.82. The summed E-state index contributed by atoms with van der Waals surface area (Å²) in [7, 11) is 2.44. The zero-order valence-corrected chi connectivity index (χ0v) is 20.5. The second kappa shape index (κ2) is 9.96. The molecule has 3 aromatic rings. The topological polar surface area (TPSA) is 134 Å². The number of allylic oxidation sites excluding steroid dienone is 1. The van der Waals surface area contributed by atoms with Crippen LogP contribution in [0.1, 0.15) is 31.2 Å². The lowest BCUT2D eigenvalue weighted by atomic mass is 9.81. The molecule has 2 heterocycles. The minimum Gasteiger partial charge on any atom is -0.466 e. The number of anilines is 1. The molecule has 0 bridgehead atoms. The average molecular weight is 486 g/mol. The van der Waals surface area contributed by atoms with Crippen LogP contribution < -0.4 is 10.6 Å². The number of carbonyl (C=O) groups excluding carboxylic acids is 2. The third-order valence-corrected chi connectivity index (χ3v) is 5.98. The molecule has 4 rings (SSSR count). The molecule has 1 aliphatic rings. The number of hydrogen-bond donors (Lipinski definition) is 2. The quantitative estimate of drug-likeness (QED) is 0.505. The van der Waals surface area contributed by atoms with Gasteiger partial charge >= 0.3 is 11.9 Å². The number of fused-ring (bicyclic) bond motifs is 1. The highest BCUT2D eigenvalue weighted by Gasteiger charge is 2.43. The third-order valence-electron chi connectivity index (χ3n) is 5.98. The van der Waals surface area contributed by atoms with Crippen molar-refractivity contribution in [3.05, 3.63) is 82.6 Å². The largest absolute Gasteiger partial charge is 0.466 e. The first kappa shape index (κ1) is 24.5. The van der Waals surface area contributed by atoms with Gasteiger partial charge in [-0.05, 0) is 29.7 Å². The number of methoxy groups -OCH3 is 2. The zero-order chi connectivity index (χ0) is 26.0. The molecule has 0 aliphatic carbocycles. The van der Waals surface area contributed by atoms with E-state index in [-0.39, 0.29) is 22.7 Å². The van der Waals surface area contributed by atoms with Crippen LogP contribution >= 0.6 is 0 Å². The summed E-state index contributed by atoms with van der Waals surface area (Å²) in [6, 6.07) is 16.3. The van der Waals surface area contributed by atoms with Gasteiger partial charge in [0.2, 0.25) is 0 Å². The van der Waals surface area contributed by atoms with E-state index in [2.05, 4.69) is 29.9 Å². The summed E-state index contributed by atoms with van der Waals surface area (Å²) >= 11 is 0. The SMILES string of the molecule is COC(=O)C1=C(C(=O)OC)N(c2ccc3nc(CC(C)C)[nH]c3c2)C(N)=C(C#N)C1c1ccccc1. The number of nitrogens with zero attached hydrogens (tertiary/aromatic N) is 3. The molecular formula is C27H27N5O4. The van der Waals surface area contributed by atoms with Gasteiger partial charge in [0.05, 0.1) is 54.1 Å².